The summed E-state index contributed by atoms with van der Waals surface area (Å²) in [7, 11) is 1.94. The Kier molecular flexibility index (Phi) is 7.46. The molecule has 0 radical (unpaired) electrons. The van der Waals surface area contributed by atoms with Crippen LogP contribution in [-0.2, 0) is 26.7 Å². The maximum absolute atomic E-state index is 14.1. The number of imidazole rings is 2. The van der Waals surface area contributed by atoms with Gasteiger partial charge in [-0.15, -0.1) is 5.10 Å². The van der Waals surface area contributed by atoms with Crippen LogP contribution in [0.3, 0.4) is 0 Å². The van der Waals surface area contributed by atoms with Gasteiger partial charge in [-0.2, -0.15) is 0 Å². The van der Waals surface area contributed by atoms with Crippen molar-refractivity contribution in [1.82, 2.24) is 33.8 Å². The van der Waals surface area contributed by atoms with Gasteiger partial charge in [0.1, 0.15) is 18.2 Å². The first kappa shape index (κ1) is 27.0. The highest BCUT2D eigenvalue weighted by Gasteiger charge is 2.24. The maximum atomic E-state index is 14.1. The van der Waals surface area contributed by atoms with Gasteiger partial charge in [-0.1, -0.05) is 17.7 Å². The van der Waals surface area contributed by atoms with Crippen molar-refractivity contribution in [3.63, 3.8) is 0 Å². The van der Waals surface area contributed by atoms with Crippen LogP contribution in [0.1, 0.15) is 46.3 Å². The molecule has 1 aliphatic rings. The number of piperidine rings is 1. The number of carboxylic acid groups (broad SMARTS) is 1. The van der Waals surface area contributed by atoms with Crippen LogP contribution >= 0.6 is 11.6 Å². The maximum Gasteiger partial charge on any atom is 0.335 e. The molecule has 1 N–H and O–H groups in total. The van der Waals surface area contributed by atoms with E-state index in [4.69, 9.17) is 21.3 Å². The summed E-state index contributed by atoms with van der Waals surface area (Å²) in [5, 5.41) is 14.5. The Labute approximate surface area is 240 Å². The molecule has 0 unspecified atom stereocenters. The average Bonchev–Trinajstić information content (AvgIpc) is 3.68. The van der Waals surface area contributed by atoms with Crippen molar-refractivity contribution in [3.8, 4) is 5.88 Å². The second-order valence-electron chi connectivity index (χ2n) is 10.3. The summed E-state index contributed by atoms with van der Waals surface area (Å²) in [6.45, 7) is 2.96. The molecule has 0 bridgehead atoms. The van der Waals surface area contributed by atoms with Crippen molar-refractivity contribution >= 4 is 28.6 Å². The summed E-state index contributed by atoms with van der Waals surface area (Å²) in [6.07, 6.45) is 7.27. The van der Waals surface area contributed by atoms with Crippen LogP contribution in [0.4, 0.5) is 4.39 Å². The third-order valence-electron chi connectivity index (χ3n) is 7.58. The predicted molar refractivity (Wildman–Crippen MR) is 151 cm³/mol. The molecule has 12 heteroatoms. The Hall–Kier alpha value is -4.22. The fourth-order valence-corrected chi connectivity index (χ4v) is 5.39. The summed E-state index contributed by atoms with van der Waals surface area (Å²) in [5.41, 5.74) is 3.21. The number of hydrogen-bond donors (Lipinski definition) is 1. The van der Waals surface area contributed by atoms with Crippen LogP contribution in [0.15, 0.2) is 61.2 Å². The third kappa shape index (κ3) is 5.82. The van der Waals surface area contributed by atoms with E-state index in [9.17, 15) is 14.3 Å². The van der Waals surface area contributed by atoms with Gasteiger partial charge < -0.3 is 19.0 Å². The molecule has 41 heavy (non-hydrogen) atoms. The number of ether oxygens (including phenoxy) is 1. The quantitative estimate of drug-likeness (QED) is 0.265. The van der Waals surface area contributed by atoms with Crippen molar-refractivity contribution in [2.75, 3.05) is 13.1 Å². The van der Waals surface area contributed by atoms with Gasteiger partial charge in [0, 0.05) is 49.2 Å². The molecule has 0 spiro atoms. The molecule has 1 saturated heterocycles. The lowest BCUT2D eigenvalue weighted by Gasteiger charge is -2.31. The summed E-state index contributed by atoms with van der Waals surface area (Å²) >= 11 is 5.83. The molecule has 3 aromatic heterocycles. The molecule has 0 amide bonds. The van der Waals surface area contributed by atoms with E-state index in [0.717, 1.165) is 48.5 Å². The standard InChI is InChI=1S/C29H29ClFN7O3/c1-35-18-32-14-23(35)15-37-26-12-19(29(39)40)3-5-25(26)33-27(37)16-36-9-6-22(7-10-36)38-11-8-28(34-38)41-17-20-2-4-21(30)13-24(20)31/h2-5,8,11-14,18,22H,6-7,9-10,15-17H2,1H3,(H,39,40). The van der Waals surface area contributed by atoms with E-state index in [1.165, 1.54) is 6.07 Å². The summed E-state index contributed by atoms with van der Waals surface area (Å²) in [4.78, 5) is 23.1. The molecular formula is C29H29ClFN7O3. The largest absolute Gasteiger partial charge is 0.478 e. The number of nitrogens with zero attached hydrogens (tertiary/aromatic N) is 7. The average molecular weight is 578 g/mol. The van der Waals surface area contributed by atoms with Crippen molar-refractivity contribution < 1.29 is 19.0 Å². The lowest BCUT2D eigenvalue weighted by atomic mass is 10.1. The van der Waals surface area contributed by atoms with E-state index in [-0.39, 0.29) is 18.2 Å². The number of rotatable bonds is 9. The number of aromatic nitrogens is 6. The van der Waals surface area contributed by atoms with Gasteiger partial charge in [0.15, 0.2) is 0 Å². The fraction of sp³-hybridized carbons (Fsp3) is 0.310. The van der Waals surface area contributed by atoms with Crippen LogP contribution in [0.25, 0.3) is 11.0 Å². The van der Waals surface area contributed by atoms with Crippen LogP contribution < -0.4 is 4.74 Å². The SMILES string of the molecule is Cn1cncc1Cn1c(CN2CCC(n3ccc(OCc4ccc(Cl)cc4F)n3)CC2)nc2ccc(C(=O)O)cc21. The predicted octanol–water partition coefficient (Wildman–Crippen LogP) is 4.92. The van der Waals surface area contributed by atoms with Gasteiger partial charge in [0.25, 0.3) is 0 Å². The monoisotopic (exact) mass is 577 g/mol. The summed E-state index contributed by atoms with van der Waals surface area (Å²) < 4.78 is 25.8. The lowest BCUT2D eigenvalue weighted by Crippen LogP contribution is -2.35. The van der Waals surface area contributed by atoms with Gasteiger partial charge >= 0.3 is 5.97 Å². The first-order chi connectivity index (χ1) is 19.8. The minimum absolute atomic E-state index is 0.0756. The normalized spacial score (nSPS) is 14.6. The number of halogens is 2. The third-order valence-corrected chi connectivity index (χ3v) is 7.82. The highest BCUT2D eigenvalue weighted by atomic mass is 35.5. The van der Waals surface area contributed by atoms with E-state index in [1.54, 1.807) is 42.7 Å². The minimum atomic E-state index is -0.965. The van der Waals surface area contributed by atoms with Crippen LogP contribution in [0.2, 0.25) is 5.02 Å². The number of likely N-dealkylation sites (tertiary alicyclic amines) is 1. The summed E-state index contributed by atoms with van der Waals surface area (Å²) in [5.74, 6) is -0.0357. The number of benzene rings is 2. The second kappa shape index (κ2) is 11.3. The molecule has 212 valence electrons. The zero-order chi connectivity index (χ0) is 28.5. The van der Waals surface area contributed by atoms with E-state index < -0.39 is 11.8 Å². The summed E-state index contributed by atoms with van der Waals surface area (Å²) in [6, 6.07) is 11.6. The van der Waals surface area contributed by atoms with Gasteiger partial charge in [-0.25, -0.2) is 19.2 Å². The first-order valence-electron chi connectivity index (χ1n) is 13.4. The topological polar surface area (TPSA) is 103 Å². The Morgan fingerprint density at radius 1 is 1.15 bits per heavy atom. The highest BCUT2D eigenvalue weighted by molar-refractivity contribution is 6.30. The number of aryl methyl sites for hydroxylation is 1. The van der Waals surface area contributed by atoms with Crippen molar-refractivity contribution in [2.45, 2.75) is 38.6 Å². The Bertz CT molecular complexity index is 1700. The molecule has 1 aliphatic heterocycles. The van der Waals surface area contributed by atoms with Crippen LogP contribution in [-0.4, -0.2) is 57.9 Å². The van der Waals surface area contributed by atoms with E-state index in [1.807, 2.05) is 28.7 Å². The van der Waals surface area contributed by atoms with Gasteiger partial charge in [-0.3, -0.25) is 9.58 Å². The fourth-order valence-electron chi connectivity index (χ4n) is 5.24. The molecule has 10 nitrogen and oxygen atoms in total. The van der Waals surface area contributed by atoms with E-state index in [0.29, 0.717) is 29.6 Å². The molecule has 0 atom stereocenters. The van der Waals surface area contributed by atoms with Gasteiger partial charge in [0.05, 0.1) is 47.7 Å². The van der Waals surface area contributed by atoms with Crippen molar-refractivity contribution in [1.29, 1.82) is 0 Å². The molecule has 6 rings (SSSR count). The molecule has 0 aliphatic carbocycles. The molecular weight excluding hydrogens is 549 g/mol. The van der Waals surface area contributed by atoms with Crippen LogP contribution in [0, 0.1) is 5.82 Å². The van der Waals surface area contributed by atoms with Gasteiger partial charge in [-0.05, 0) is 43.2 Å². The molecule has 2 aromatic carbocycles. The number of carbonyl (C=O) groups is 1. The van der Waals surface area contributed by atoms with E-state index in [2.05, 4.69) is 19.5 Å². The number of aromatic carboxylic acids is 1. The second-order valence-corrected chi connectivity index (χ2v) is 10.7. The zero-order valence-corrected chi connectivity index (χ0v) is 23.2. The van der Waals surface area contributed by atoms with Crippen molar-refractivity contribution in [3.05, 3.63) is 94.7 Å². The minimum Gasteiger partial charge on any atom is -0.478 e. The molecule has 1 fully saturated rings. The Morgan fingerprint density at radius 3 is 2.71 bits per heavy atom. The lowest BCUT2D eigenvalue weighted by molar-refractivity contribution is 0.0697. The van der Waals surface area contributed by atoms with Crippen molar-refractivity contribution in [2.24, 2.45) is 7.05 Å². The number of hydrogen-bond acceptors (Lipinski definition) is 6. The number of fused-ring (bicyclic) bond motifs is 1. The molecule has 5 aromatic rings. The molecule has 0 saturated carbocycles. The Balaban J connectivity index is 1.12. The first-order valence-corrected chi connectivity index (χ1v) is 13.7. The van der Waals surface area contributed by atoms with Crippen LogP contribution in [0.5, 0.6) is 5.88 Å². The van der Waals surface area contributed by atoms with E-state index >= 15 is 0 Å². The molecule has 4 heterocycles. The zero-order valence-electron chi connectivity index (χ0n) is 22.5. The highest BCUT2D eigenvalue weighted by Crippen LogP contribution is 2.27. The van der Waals surface area contributed by atoms with Gasteiger partial charge in [0.2, 0.25) is 5.88 Å². The Morgan fingerprint density at radius 2 is 1.98 bits per heavy atom. The smallest absolute Gasteiger partial charge is 0.335 e. The number of carboxylic acids is 1.